The molecule has 1 unspecified atom stereocenters. The van der Waals surface area contributed by atoms with Gasteiger partial charge >= 0.3 is 6.01 Å². The molecule has 16 heavy (non-hydrogen) atoms. The molecular weight excluding hydrogens is 206 g/mol. The third-order valence-corrected chi connectivity index (χ3v) is 2.63. The first kappa shape index (κ1) is 11.4. The summed E-state index contributed by atoms with van der Waals surface area (Å²) in [6.07, 6.45) is 2.16. The Bertz CT molecular complexity index is 319. The van der Waals surface area contributed by atoms with E-state index in [1.165, 1.54) is 0 Å². The lowest BCUT2D eigenvalue weighted by atomic mass is 10.0. The summed E-state index contributed by atoms with van der Waals surface area (Å²) in [6.45, 7) is 6.69. The van der Waals surface area contributed by atoms with Gasteiger partial charge in [0.05, 0.1) is 6.61 Å². The summed E-state index contributed by atoms with van der Waals surface area (Å²) in [4.78, 5) is 4.34. The van der Waals surface area contributed by atoms with E-state index in [1.807, 2.05) is 0 Å². The molecule has 90 valence electrons. The number of nitrogens with zero attached hydrogens (tertiary/aromatic N) is 2. The van der Waals surface area contributed by atoms with Gasteiger partial charge in [-0.1, -0.05) is 19.0 Å². The zero-order valence-corrected chi connectivity index (χ0v) is 9.90. The molecule has 1 aromatic heterocycles. The molecule has 1 aliphatic heterocycles. The molecule has 1 saturated heterocycles. The molecule has 1 aromatic rings. The van der Waals surface area contributed by atoms with Crippen LogP contribution in [0.25, 0.3) is 0 Å². The highest BCUT2D eigenvalue weighted by Crippen LogP contribution is 2.23. The van der Waals surface area contributed by atoms with Gasteiger partial charge in [0, 0.05) is 19.1 Å². The highest BCUT2D eigenvalue weighted by Gasteiger charge is 2.21. The Morgan fingerprint density at radius 1 is 1.50 bits per heavy atom. The number of hydrogen-bond donors (Lipinski definition) is 1. The van der Waals surface area contributed by atoms with E-state index < -0.39 is 0 Å². The van der Waals surface area contributed by atoms with Crippen LogP contribution in [0.15, 0.2) is 4.52 Å². The van der Waals surface area contributed by atoms with Crippen LogP contribution in [-0.2, 0) is 4.74 Å². The van der Waals surface area contributed by atoms with E-state index in [2.05, 4.69) is 29.3 Å². The Kier molecular flexibility index (Phi) is 3.77. The van der Waals surface area contributed by atoms with Crippen molar-refractivity contribution >= 4 is 6.01 Å². The second kappa shape index (κ2) is 5.30. The minimum atomic E-state index is 0.298. The van der Waals surface area contributed by atoms with Crippen molar-refractivity contribution in [2.45, 2.75) is 32.6 Å². The normalized spacial score (nSPS) is 21.3. The van der Waals surface area contributed by atoms with Crippen molar-refractivity contribution in [1.29, 1.82) is 0 Å². The van der Waals surface area contributed by atoms with E-state index in [-0.39, 0.29) is 0 Å². The highest BCUT2D eigenvalue weighted by atomic mass is 16.5. The monoisotopic (exact) mass is 225 g/mol. The van der Waals surface area contributed by atoms with Gasteiger partial charge in [0.15, 0.2) is 5.82 Å². The fraction of sp³-hybridized carbons (Fsp3) is 0.818. The molecule has 2 heterocycles. The predicted octanol–water partition coefficient (Wildman–Crippen LogP) is 2.03. The molecule has 0 aliphatic carbocycles. The van der Waals surface area contributed by atoms with Gasteiger partial charge in [0.25, 0.3) is 0 Å². The van der Waals surface area contributed by atoms with Crippen LogP contribution in [0.3, 0.4) is 0 Å². The lowest BCUT2D eigenvalue weighted by molar-refractivity contribution is 0.0773. The van der Waals surface area contributed by atoms with Crippen LogP contribution in [0, 0.1) is 5.92 Å². The maximum Gasteiger partial charge on any atom is 0.321 e. The maximum atomic E-state index is 5.40. The Morgan fingerprint density at radius 3 is 3.06 bits per heavy atom. The topological polar surface area (TPSA) is 60.2 Å². The lowest BCUT2D eigenvalue weighted by Gasteiger charge is -2.18. The molecule has 1 atom stereocenters. The van der Waals surface area contributed by atoms with E-state index in [0.717, 1.165) is 31.8 Å². The quantitative estimate of drug-likeness (QED) is 0.849. The number of hydrogen-bond acceptors (Lipinski definition) is 5. The van der Waals surface area contributed by atoms with Crippen molar-refractivity contribution in [3.05, 3.63) is 5.82 Å². The molecule has 5 heteroatoms. The molecule has 2 rings (SSSR count). The van der Waals surface area contributed by atoms with Crippen molar-refractivity contribution in [3.8, 4) is 0 Å². The molecule has 0 aromatic carbocycles. The van der Waals surface area contributed by atoms with Crippen LogP contribution >= 0.6 is 0 Å². The smallest absolute Gasteiger partial charge is 0.321 e. The van der Waals surface area contributed by atoms with E-state index >= 15 is 0 Å². The van der Waals surface area contributed by atoms with Crippen molar-refractivity contribution < 1.29 is 9.26 Å². The zero-order valence-electron chi connectivity index (χ0n) is 9.90. The second-order valence-electron chi connectivity index (χ2n) is 4.65. The number of aromatic nitrogens is 2. The van der Waals surface area contributed by atoms with Gasteiger partial charge in [-0.2, -0.15) is 4.98 Å². The minimum absolute atomic E-state index is 0.298. The van der Waals surface area contributed by atoms with Gasteiger partial charge in [0.1, 0.15) is 0 Å². The standard InChI is InChI=1S/C11H19N3O2/c1-8(2)6-12-11-13-10(14-16-11)9-4-3-5-15-7-9/h8-9H,3-7H2,1-2H3,(H,12,13,14). The maximum absolute atomic E-state index is 5.40. The van der Waals surface area contributed by atoms with Crippen LogP contribution in [0.5, 0.6) is 0 Å². The fourth-order valence-electron chi connectivity index (χ4n) is 1.71. The average Bonchev–Trinajstić information content (AvgIpc) is 2.76. The average molecular weight is 225 g/mol. The first-order valence-corrected chi connectivity index (χ1v) is 5.91. The minimum Gasteiger partial charge on any atom is -0.381 e. The fourth-order valence-corrected chi connectivity index (χ4v) is 1.71. The molecule has 1 fully saturated rings. The summed E-state index contributed by atoms with van der Waals surface area (Å²) in [5, 5.41) is 7.11. The van der Waals surface area contributed by atoms with Gasteiger partial charge in [0.2, 0.25) is 0 Å². The summed E-state index contributed by atoms with van der Waals surface area (Å²) in [5.74, 6) is 1.63. The summed E-state index contributed by atoms with van der Waals surface area (Å²) in [6, 6.07) is 0.522. The van der Waals surface area contributed by atoms with E-state index in [9.17, 15) is 0 Å². The van der Waals surface area contributed by atoms with Gasteiger partial charge in [-0.05, 0) is 18.8 Å². The number of rotatable bonds is 4. The van der Waals surface area contributed by atoms with E-state index in [1.54, 1.807) is 0 Å². The molecule has 1 aliphatic rings. The van der Waals surface area contributed by atoms with Crippen molar-refractivity contribution in [2.24, 2.45) is 5.92 Å². The number of ether oxygens (including phenoxy) is 1. The number of anilines is 1. The molecule has 5 nitrogen and oxygen atoms in total. The summed E-state index contributed by atoms with van der Waals surface area (Å²) >= 11 is 0. The van der Waals surface area contributed by atoms with Crippen LogP contribution in [0.1, 0.15) is 38.4 Å². The van der Waals surface area contributed by atoms with Crippen LogP contribution in [-0.4, -0.2) is 29.9 Å². The molecule has 0 radical (unpaired) electrons. The van der Waals surface area contributed by atoms with Gasteiger partial charge in [-0.3, -0.25) is 0 Å². The van der Waals surface area contributed by atoms with Gasteiger partial charge in [-0.15, -0.1) is 0 Å². The van der Waals surface area contributed by atoms with Crippen LogP contribution in [0.4, 0.5) is 6.01 Å². The Morgan fingerprint density at radius 2 is 2.38 bits per heavy atom. The Balaban J connectivity index is 1.90. The first-order chi connectivity index (χ1) is 7.75. The summed E-state index contributed by atoms with van der Waals surface area (Å²) in [5.41, 5.74) is 0. The summed E-state index contributed by atoms with van der Waals surface area (Å²) in [7, 11) is 0. The molecule has 0 saturated carbocycles. The first-order valence-electron chi connectivity index (χ1n) is 5.91. The Labute approximate surface area is 95.6 Å². The van der Waals surface area contributed by atoms with Crippen molar-refractivity contribution in [2.75, 3.05) is 25.1 Å². The van der Waals surface area contributed by atoms with Crippen molar-refractivity contribution in [3.63, 3.8) is 0 Å². The molecule has 0 bridgehead atoms. The largest absolute Gasteiger partial charge is 0.381 e. The van der Waals surface area contributed by atoms with E-state index in [4.69, 9.17) is 9.26 Å². The number of nitrogens with one attached hydrogen (secondary N) is 1. The molecule has 0 spiro atoms. The zero-order chi connectivity index (χ0) is 11.4. The summed E-state index contributed by atoms with van der Waals surface area (Å²) < 4.78 is 10.5. The molecular formula is C11H19N3O2. The Hall–Kier alpha value is -1.10. The highest BCUT2D eigenvalue weighted by molar-refractivity contribution is 5.19. The molecule has 1 N–H and O–H groups in total. The second-order valence-corrected chi connectivity index (χ2v) is 4.65. The van der Waals surface area contributed by atoms with Crippen LogP contribution < -0.4 is 5.32 Å². The van der Waals surface area contributed by atoms with E-state index in [0.29, 0.717) is 24.5 Å². The third-order valence-electron chi connectivity index (χ3n) is 2.63. The third kappa shape index (κ3) is 2.95. The SMILES string of the molecule is CC(C)CNc1nc(C2CCCOC2)no1. The van der Waals surface area contributed by atoms with Gasteiger partial charge in [-0.25, -0.2) is 0 Å². The van der Waals surface area contributed by atoms with Crippen LogP contribution in [0.2, 0.25) is 0 Å². The van der Waals surface area contributed by atoms with Crippen molar-refractivity contribution in [1.82, 2.24) is 10.1 Å². The lowest BCUT2D eigenvalue weighted by Crippen LogP contribution is -2.16. The van der Waals surface area contributed by atoms with Gasteiger partial charge < -0.3 is 14.6 Å². The molecule has 0 amide bonds. The predicted molar refractivity (Wildman–Crippen MR) is 60.4 cm³/mol.